The van der Waals surface area contributed by atoms with Crippen molar-refractivity contribution in [1.29, 1.82) is 0 Å². The summed E-state index contributed by atoms with van der Waals surface area (Å²) in [4.78, 5) is 24.3. The summed E-state index contributed by atoms with van der Waals surface area (Å²) in [5.74, 6) is -0.237. The van der Waals surface area contributed by atoms with Crippen LogP contribution in [0, 0.1) is 27.7 Å². The number of hydrogen-bond acceptors (Lipinski definition) is 2. The standard InChI is InChI=1S/C18H22N3O2.V.W/c1-11-5-6-12(2)15(7-11)9-20-16(22)10-21-14(4)8-13(3)17(19)18(21)23;;/h5-8,19H,9-10H2,1-4H3,(H,20,22);;/q-1;;. The minimum absolute atomic E-state index is 0. The van der Waals surface area contributed by atoms with Gasteiger partial charge in [-0.3, -0.25) is 9.59 Å². The molecule has 2 aromatic rings. The van der Waals surface area contributed by atoms with E-state index in [9.17, 15) is 9.59 Å². The first-order valence-electron chi connectivity index (χ1n) is 7.55. The third kappa shape index (κ3) is 5.88. The van der Waals surface area contributed by atoms with Gasteiger partial charge in [0, 0.05) is 51.9 Å². The van der Waals surface area contributed by atoms with E-state index in [1.54, 1.807) is 19.9 Å². The maximum absolute atomic E-state index is 12.2. The summed E-state index contributed by atoms with van der Waals surface area (Å²) in [6, 6.07) is 7.85. The molecule has 0 atom stereocenters. The zero-order chi connectivity index (χ0) is 17.1. The molecule has 0 aliphatic carbocycles. The topological polar surface area (TPSA) is 74.9 Å². The van der Waals surface area contributed by atoms with Gasteiger partial charge in [0.2, 0.25) is 11.5 Å². The number of aryl methyl sites for hydroxylation is 4. The van der Waals surface area contributed by atoms with Crippen molar-refractivity contribution < 1.29 is 44.4 Å². The average molecular weight is 547 g/mol. The number of hydrogen-bond donors (Lipinski definition) is 1. The Hall–Kier alpha value is -1.29. The molecule has 0 fully saturated rings. The Morgan fingerprint density at radius 3 is 2.40 bits per heavy atom. The molecule has 1 amide bonds. The molecule has 2 N–H and O–H groups in total. The van der Waals surface area contributed by atoms with E-state index in [0.717, 1.165) is 16.7 Å². The second-order valence-electron chi connectivity index (χ2n) is 5.94. The van der Waals surface area contributed by atoms with E-state index >= 15 is 0 Å². The van der Waals surface area contributed by atoms with Crippen molar-refractivity contribution in [2.45, 2.75) is 40.8 Å². The molecule has 5 nitrogen and oxygen atoms in total. The summed E-state index contributed by atoms with van der Waals surface area (Å²) in [5, 5.41) is 2.84. The molecule has 1 radical (unpaired) electrons. The quantitative estimate of drug-likeness (QED) is 0.640. The number of benzene rings is 1. The van der Waals surface area contributed by atoms with Crippen molar-refractivity contribution in [1.82, 2.24) is 9.88 Å². The number of pyridine rings is 1. The fourth-order valence-electron chi connectivity index (χ4n) is 2.51. The maximum Gasteiger partial charge on any atom is 0.240 e. The summed E-state index contributed by atoms with van der Waals surface area (Å²) in [5.41, 5.74) is 11.9. The first-order valence-corrected chi connectivity index (χ1v) is 7.55. The molecule has 0 aliphatic rings. The summed E-state index contributed by atoms with van der Waals surface area (Å²) in [7, 11) is 0. The summed E-state index contributed by atoms with van der Waals surface area (Å²) >= 11 is 0. The van der Waals surface area contributed by atoms with Gasteiger partial charge in [0.05, 0.1) is 0 Å². The Morgan fingerprint density at radius 2 is 1.76 bits per heavy atom. The smallest absolute Gasteiger partial charge is 0.240 e. The number of rotatable bonds is 4. The fourth-order valence-corrected chi connectivity index (χ4v) is 2.51. The second kappa shape index (κ2) is 10.0. The van der Waals surface area contributed by atoms with Crippen molar-refractivity contribution >= 4 is 11.6 Å². The Kier molecular flexibility index (Phi) is 9.49. The normalized spacial score (nSPS) is 9.76. The van der Waals surface area contributed by atoms with E-state index in [4.69, 9.17) is 5.73 Å². The van der Waals surface area contributed by atoms with Gasteiger partial charge >= 0.3 is 0 Å². The maximum atomic E-state index is 12.2. The van der Waals surface area contributed by atoms with Crippen molar-refractivity contribution in [3.05, 3.63) is 68.3 Å². The van der Waals surface area contributed by atoms with Crippen LogP contribution in [0.2, 0.25) is 0 Å². The Balaban J connectivity index is 0.00000288. The van der Waals surface area contributed by atoms with Gasteiger partial charge in [-0.1, -0.05) is 35.0 Å². The van der Waals surface area contributed by atoms with Crippen molar-refractivity contribution in [2.24, 2.45) is 0 Å². The van der Waals surface area contributed by atoms with Crippen LogP contribution in [0.5, 0.6) is 0 Å². The van der Waals surface area contributed by atoms with Crippen LogP contribution >= 0.6 is 0 Å². The molecule has 2 rings (SSSR count). The molecule has 25 heavy (non-hydrogen) atoms. The summed E-state index contributed by atoms with van der Waals surface area (Å²) in [6.07, 6.45) is 0. The zero-order valence-corrected chi connectivity index (χ0v) is 19.2. The molecular weight excluding hydrogens is 525 g/mol. The largest absolute Gasteiger partial charge is 0.694 e. The minimum atomic E-state index is -0.426. The third-order valence-electron chi connectivity index (χ3n) is 3.99. The molecule has 0 unspecified atom stereocenters. The molecule has 1 heterocycles. The SMILES string of the molecule is Cc1ccc(C)c(CNC(=O)Cn2c(C)cc(C)c([NH-])c2=O)c1.[V].[W]. The van der Waals surface area contributed by atoms with Gasteiger partial charge in [0.1, 0.15) is 6.54 Å². The first kappa shape index (κ1) is 23.7. The van der Waals surface area contributed by atoms with Crippen LogP contribution in [0.3, 0.4) is 0 Å². The van der Waals surface area contributed by atoms with Gasteiger partial charge < -0.3 is 15.6 Å². The van der Waals surface area contributed by atoms with E-state index in [-0.39, 0.29) is 57.8 Å². The van der Waals surface area contributed by atoms with E-state index < -0.39 is 5.56 Å². The van der Waals surface area contributed by atoms with Crippen molar-refractivity contribution in [3.63, 3.8) is 0 Å². The van der Waals surface area contributed by atoms with Crippen molar-refractivity contribution in [3.8, 4) is 0 Å². The Morgan fingerprint density at radius 1 is 1.12 bits per heavy atom. The molecule has 0 bridgehead atoms. The summed E-state index contributed by atoms with van der Waals surface area (Å²) in [6.45, 7) is 7.87. The zero-order valence-electron chi connectivity index (χ0n) is 14.8. The number of nitrogens with one attached hydrogen (secondary N) is 2. The van der Waals surface area contributed by atoms with Crippen LogP contribution in [0.1, 0.15) is 27.9 Å². The predicted octanol–water partition coefficient (Wildman–Crippen LogP) is 3.08. The molecular formula is C18H22N3O2VW-. The molecule has 7 heteroatoms. The number of nitrogens with zero attached hydrogens (tertiary/aromatic N) is 1. The minimum Gasteiger partial charge on any atom is -0.694 e. The third-order valence-corrected chi connectivity index (χ3v) is 3.99. The van der Waals surface area contributed by atoms with Gasteiger partial charge in [0.25, 0.3) is 0 Å². The van der Waals surface area contributed by atoms with Crippen LogP contribution in [-0.4, -0.2) is 10.5 Å². The van der Waals surface area contributed by atoms with Gasteiger partial charge in [0.15, 0.2) is 0 Å². The Labute approximate surface area is 174 Å². The second-order valence-corrected chi connectivity index (χ2v) is 5.94. The number of amides is 1. The van der Waals surface area contributed by atoms with Crippen LogP contribution < -0.4 is 10.9 Å². The molecule has 0 spiro atoms. The predicted molar refractivity (Wildman–Crippen MR) is 91.9 cm³/mol. The van der Waals surface area contributed by atoms with Gasteiger partial charge in [-0.2, -0.15) is 0 Å². The number of aromatic nitrogens is 1. The fraction of sp³-hybridized carbons (Fsp3) is 0.333. The molecule has 0 aliphatic heterocycles. The van der Waals surface area contributed by atoms with Gasteiger partial charge in [-0.05, 0) is 44.9 Å². The van der Waals surface area contributed by atoms with E-state index in [0.29, 0.717) is 17.8 Å². The van der Waals surface area contributed by atoms with E-state index in [1.807, 2.05) is 32.0 Å². The number of carbonyl (C=O) groups excluding carboxylic acids is 1. The van der Waals surface area contributed by atoms with Crippen molar-refractivity contribution in [2.75, 3.05) is 0 Å². The monoisotopic (exact) mass is 547 g/mol. The van der Waals surface area contributed by atoms with Crippen LogP contribution in [-0.2, 0) is 57.5 Å². The summed E-state index contributed by atoms with van der Waals surface area (Å²) < 4.78 is 1.34. The van der Waals surface area contributed by atoms with Crippen LogP contribution in [0.25, 0.3) is 5.73 Å². The molecule has 0 saturated carbocycles. The molecule has 1 aromatic heterocycles. The average Bonchev–Trinajstić information content (AvgIpc) is 2.50. The molecule has 0 saturated heterocycles. The Bertz CT molecular complexity index is 819. The van der Waals surface area contributed by atoms with Crippen LogP contribution in [0.15, 0.2) is 29.1 Å². The molecule has 1 aromatic carbocycles. The molecule has 133 valence electrons. The van der Waals surface area contributed by atoms with E-state index in [2.05, 4.69) is 5.32 Å². The van der Waals surface area contributed by atoms with E-state index in [1.165, 1.54) is 4.57 Å². The van der Waals surface area contributed by atoms with Crippen LogP contribution in [0.4, 0.5) is 5.69 Å². The number of carbonyl (C=O) groups is 1. The van der Waals surface area contributed by atoms with Gasteiger partial charge in [-0.15, -0.1) is 0 Å². The first-order chi connectivity index (χ1) is 10.8. The van der Waals surface area contributed by atoms with Gasteiger partial charge in [-0.25, -0.2) is 0 Å².